The van der Waals surface area contributed by atoms with Crippen LogP contribution in [0.5, 0.6) is 5.75 Å². The molecule has 156 valence electrons. The van der Waals surface area contributed by atoms with E-state index in [9.17, 15) is 14.4 Å². The van der Waals surface area contributed by atoms with Crippen molar-refractivity contribution in [3.05, 3.63) is 60.8 Å². The van der Waals surface area contributed by atoms with Crippen molar-refractivity contribution >= 4 is 84.1 Å². The van der Waals surface area contributed by atoms with Gasteiger partial charge < -0.3 is 9.47 Å². The number of nitrogens with zero attached hydrogens (tertiary/aromatic N) is 1. The standard InChI is InChI=1S/C20H14Br2ClNO5S/c1-2-28-17(25)10-29-18-14(21)6-11(7-15(18)22)8-16-19(26)24(20(27)30-16)13-5-3-4-12(23)9-13/h3-9H,2,10H2,1H3/b16-8+. The summed E-state index contributed by atoms with van der Waals surface area (Å²) in [6.07, 6.45) is 1.61. The van der Waals surface area contributed by atoms with Crippen LogP contribution in [0, 0.1) is 0 Å². The van der Waals surface area contributed by atoms with Crippen molar-refractivity contribution in [2.45, 2.75) is 6.92 Å². The summed E-state index contributed by atoms with van der Waals surface area (Å²) < 4.78 is 11.5. The van der Waals surface area contributed by atoms with E-state index in [1.807, 2.05) is 0 Å². The molecule has 1 aliphatic rings. The Morgan fingerprint density at radius 2 is 1.90 bits per heavy atom. The van der Waals surface area contributed by atoms with Gasteiger partial charge >= 0.3 is 5.97 Å². The minimum atomic E-state index is -0.477. The van der Waals surface area contributed by atoms with E-state index in [1.54, 1.807) is 49.4 Å². The van der Waals surface area contributed by atoms with E-state index < -0.39 is 17.1 Å². The van der Waals surface area contributed by atoms with Crippen LogP contribution in [0.15, 0.2) is 50.2 Å². The number of benzene rings is 2. The van der Waals surface area contributed by atoms with Crippen molar-refractivity contribution in [3.8, 4) is 5.75 Å². The van der Waals surface area contributed by atoms with Gasteiger partial charge in [0.15, 0.2) is 6.61 Å². The summed E-state index contributed by atoms with van der Waals surface area (Å²) in [4.78, 5) is 38.0. The molecule has 0 bridgehead atoms. The molecule has 2 amide bonds. The van der Waals surface area contributed by atoms with Crippen molar-refractivity contribution in [2.75, 3.05) is 18.1 Å². The first-order valence-electron chi connectivity index (χ1n) is 8.61. The molecule has 1 aliphatic heterocycles. The number of amides is 2. The summed E-state index contributed by atoms with van der Waals surface area (Å²) in [6, 6.07) is 9.99. The van der Waals surface area contributed by atoms with E-state index in [2.05, 4.69) is 31.9 Å². The quantitative estimate of drug-likeness (QED) is 0.309. The first kappa shape index (κ1) is 22.9. The Morgan fingerprint density at radius 3 is 2.53 bits per heavy atom. The van der Waals surface area contributed by atoms with E-state index in [0.29, 0.717) is 31.0 Å². The van der Waals surface area contributed by atoms with Crippen LogP contribution in [-0.4, -0.2) is 30.3 Å². The molecule has 0 saturated carbocycles. The molecule has 0 N–H and O–H groups in total. The largest absolute Gasteiger partial charge is 0.480 e. The Kier molecular flexibility index (Phi) is 7.62. The highest BCUT2D eigenvalue weighted by Crippen LogP contribution is 2.39. The summed E-state index contributed by atoms with van der Waals surface area (Å²) in [5.41, 5.74) is 1.08. The Labute approximate surface area is 198 Å². The average molecular weight is 576 g/mol. The smallest absolute Gasteiger partial charge is 0.344 e. The van der Waals surface area contributed by atoms with Gasteiger partial charge in [0.05, 0.1) is 26.1 Å². The first-order chi connectivity index (χ1) is 14.3. The van der Waals surface area contributed by atoms with E-state index in [4.69, 9.17) is 21.1 Å². The fraction of sp³-hybridized carbons (Fsp3) is 0.150. The maximum atomic E-state index is 12.8. The lowest BCUT2D eigenvalue weighted by atomic mass is 10.2. The molecule has 30 heavy (non-hydrogen) atoms. The Bertz CT molecular complexity index is 1040. The monoisotopic (exact) mass is 573 g/mol. The number of imide groups is 1. The lowest BCUT2D eigenvalue weighted by Gasteiger charge is -2.12. The number of carbonyl (C=O) groups is 3. The molecule has 0 spiro atoms. The summed E-state index contributed by atoms with van der Waals surface area (Å²) in [5, 5.41) is 0.0304. The zero-order valence-electron chi connectivity index (χ0n) is 15.5. The van der Waals surface area contributed by atoms with Gasteiger partial charge in [0.25, 0.3) is 11.1 Å². The fourth-order valence-electron chi connectivity index (χ4n) is 2.59. The molecule has 1 heterocycles. The lowest BCUT2D eigenvalue weighted by Crippen LogP contribution is -2.27. The third-order valence-electron chi connectivity index (χ3n) is 3.82. The molecular formula is C20H14Br2ClNO5S. The van der Waals surface area contributed by atoms with Gasteiger partial charge in [-0.2, -0.15) is 0 Å². The molecular weight excluding hydrogens is 562 g/mol. The highest BCUT2D eigenvalue weighted by atomic mass is 79.9. The molecule has 10 heteroatoms. The van der Waals surface area contributed by atoms with Crippen LogP contribution >= 0.6 is 55.2 Å². The van der Waals surface area contributed by atoms with Crippen LogP contribution in [0.4, 0.5) is 10.5 Å². The molecule has 0 atom stereocenters. The second-order valence-electron chi connectivity index (χ2n) is 5.90. The highest BCUT2D eigenvalue weighted by molar-refractivity contribution is 9.11. The number of halogens is 3. The average Bonchev–Trinajstić information content (AvgIpc) is 2.94. The van der Waals surface area contributed by atoms with E-state index in [0.717, 1.165) is 16.7 Å². The van der Waals surface area contributed by atoms with Crippen LogP contribution in [0.1, 0.15) is 12.5 Å². The van der Waals surface area contributed by atoms with Gasteiger partial charge in [-0.3, -0.25) is 9.59 Å². The summed E-state index contributed by atoms with van der Waals surface area (Å²) >= 11 is 13.6. The fourth-order valence-corrected chi connectivity index (χ4v) is 5.07. The third-order valence-corrected chi connectivity index (χ3v) is 6.10. The van der Waals surface area contributed by atoms with Crippen LogP contribution in [-0.2, 0) is 14.3 Å². The Hall–Kier alpha value is -1.81. The van der Waals surface area contributed by atoms with Crippen molar-refractivity contribution < 1.29 is 23.9 Å². The van der Waals surface area contributed by atoms with Gasteiger partial charge in [-0.15, -0.1) is 0 Å². The van der Waals surface area contributed by atoms with Gasteiger partial charge in [0, 0.05) is 5.02 Å². The zero-order chi connectivity index (χ0) is 21.8. The molecule has 1 fully saturated rings. The zero-order valence-corrected chi connectivity index (χ0v) is 20.2. The molecule has 3 rings (SSSR count). The second kappa shape index (κ2) is 10.00. The molecule has 0 unspecified atom stereocenters. The minimum absolute atomic E-state index is 0.233. The van der Waals surface area contributed by atoms with Gasteiger partial charge in [-0.1, -0.05) is 17.7 Å². The van der Waals surface area contributed by atoms with Gasteiger partial charge in [-0.25, -0.2) is 9.69 Å². The van der Waals surface area contributed by atoms with Crippen molar-refractivity contribution in [3.63, 3.8) is 0 Å². The van der Waals surface area contributed by atoms with E-state index in [1.165, 1.54) is 0 Å². The molecule has 0 aliphatic carbocycles. The van der Waals surface area contributed by atoms with Gasteiger partial charge in [0.1, 0.15) is 5.75 Å². The number of hydrogen-bond donors (Lipinski definition) is 0. The first-order valence-corrected chi connectivity index (χ1v) is 11.4. The Balaban J connectivity index is 1.82. The molecule has 2 aromatic rings. The van der Waals surface area contributed by atoms with E-state index >= 15 is 0 Å². The van der Waals surface area contributed by atoms with Crippen molar-refractivity contribution in [1.29, 1.82) is 0 Å². The summed E-state index contributed by atoms with van der Waals surface area (Å²) in [5.74, 6) is -0.482. The van der Waals surface area contributed by atoms with Crippen molar-refractivity contribution in [2.24, 2.45) is 0 Å². The Morgan fingerprint density at radius 1 is 1.20 bits per heavy atom. The van der Waals surface area contributed by atoms with Gasteiger partial charge in [-0.05, 0) is 92.5 Å². The van der Waals surface area contributed by atoms with Crippen LogP contribution in [0.25, 0.3) is 6.08 Å². The number of anilines is 1. The van der Waals surface area contributed by atoms with Crippen LogP contribution < -0.4 is 9.64 Å². The highest BCUT2D eigenvalue weighted by Gasteiger charge is 2.36. The molecule has 2 aromatic carbocycles. The van der Waals surface area contributed by atoms with Crippen LogP contribution in [0.3, 0.4) is 0 Å². The van der Waals surface area contributed by atoms with Crippen molar-refractivity contribution in [1.82, 2.24) is 0 Å². The van der Waals surface area contributed by atoms with E-state index in [-0.39, 0.29) is 18.1 Å². The molecule has 0 aromatic heterocycles. The normalized spacial score (nSPS) is 15.1. The lowest BCUT2D eigenvalue weighted by molar-refractivity contribution is -0.145. The second-order valence-corrected chi connectivity index (χ2v) is 9.04. The number of esters is 1. The predicted molar refractivity (Wildman–Crippen MR) is 124 cm³/mol. The predicted octanol–water partition coefficient (Wildman–Crippen LogP) is 6.05. The molecule has 1 saturated heterocycles. The maximum Gasteiger partial charge on any atom is 0.344 e. The number of hydrogen-bond acceptors (Lipinski definition) is 6. The van der Waals surface area contributed by atoms with Gasteiger partial charge in [0.2, 0.25) is 0 Å². The maximum absolute atomic E-state index is 12.8. The SMILES string of the molecule is CCOC(=O)COc1c(Br)cc(/C=C2/SC(=O)N(c3cccc(Cl)c3)C2=O)cc1Br. The van der Waals surface area contributed by atoms with Crippen LogP contribution in [0.2, 0.25) is 5.02 Å². The summed E-state index contributed by atoms with van der Waals surface area (Å²) in [6.45, 7) is 1.75. The molecule has 0 radical (unpaired) electrons. The number of ether oxygens (including phenoxy) is 2. The number of rotatable bonds is 6. The number of thioether (sulfide) groups is 1. The topological polar surface area (TPSA) is 72.9 Å². The molecule has 6 nitrogen and oxygen atoms in total. The number of carbonyl (C=O) groups excluding carboxylic acids is 3. The summed E-state index contributed by atoms with van der Waals surface area (Å²) in [7, 11) is 0. The third kappa shape index (κ3) is 5.26. The minimum Gasteiger partial charge on any atom is -0.480 e.